The van der Waals surface area contributed by atoms with Crippen molar-refractivity contribution in [2.75, 3.05) is 26.7 Å². The van der Waals surface area contributed by atoms with Crippen LogP contribution in [0.3, 0.4) is 0 Å². The average molecular weight is 374 g/mol. The number of nitrogens with zero attached hydrogens (tertiary/aromatic N) is 3. The van der Waals surface area contributed by atoms with Gasteiger partial charge in [0.2, 0.25) is 0 Å². The van der Waals surface area contributed by atoms with Gasteiger partial charge in [0.05, 0.1) is 6.10 Å². The van der Waals surface area contributed by atoms with Crippen LogP contribution in [0.4, 0.5) is 18.0 Å². The smallest absolute Gasteiger partial charge is 0.376 e. The summed E-state index contributed by atoms with van der Waals surface area (Å²) in [6, 6.07) is -0.174. The first kappa shape index (κ1) is 19.0. The molecule has 26 heavy (non-hydrogen) atoms. The molecule has 1 N–H and O–H groups in total. The predicted molar refractivity (Wildman–Crippen MR) is 88.7 cm³/mol. The summed E-state index contributed by atoms with van der Waals surface area (Å²) in [4.78, 5) is 17.5. The maximum absolute atomic E-state index is 12.8. The molecular weight excluding hydrogens is 349 g/mol. The fourth-order valence-electron chi connectivity index (χ4n) is 3.57. The topological polar surface area (TPSA) is 59.4 Å². The van der Waals surface area contributed by atoms with Crippen molar-refractivity contribution in [2.24, 2.45) is 5.92 Å². The number of ether oxygens (including phenoxy) is 1. The van der Waals surface area contributed by atoms with Gasteiger partial charge in [0, 0.05) is 45.9 Å². The minimum absolute atomic E-state index is 0.0741. The lowest BCUT2D eigenvalue weighted by atomic mass is 9.99. The second-order valence-corrected chi connectivity index (χ2v) is 7.15. The Kier molecular flexibility index (Phi) is 5.74. The zero-order valence-corrected chi connectivity index (χ0v) is 14.9. The third kappa shape index (κ3) is 4.69. The van der Waals surface area contributed by atoms with E-state index in [0.717, 1.165) is 38.5 Å². The number of amides is 2. The van der Waals surface area contributed by atoms with Gasteiger partial charge < -0.3 is 19.5 Å². The van der Waals surface area contributed by atoms with Gasteiger partial charge >= 0.3 is 12.2 Å². The number of aromatic nitrogens is 2. The molecule has 9 heteroatoms. The van der Waals surface area contributed by atoms with Gasteiger partial charge in [-0.25, -0.2) is 9.78 Å². The maximum atomic E-state index is 12.8. The monoisotopic (exact) mass is 374 g/mol. The van der Waals surface area contributed by atoms with Crippen LogP contribution in [-0.2, 0) is 23.9 Å². The first-order chi connectivity index (χ1) is 12.3. The molecular formula is C17H25F3N4O2. The average Bonchev–Trinajstić information content (AvgIpc) is 3.04. The Hall–Kier alpha value is -1.77. The minimum Gasteiger partial charge on any atom is -0.376 e. The Balaban J connectivity index is 1.48. The second kappa shape index (κ2) is 7.85. The summed E-state index contributed by atoms with van der Waals surface area (Å²) in [6.45, 7) is 2.18. The summed E-state index contributed by atoms with van der Waals surface area (Å²) >= 11 is 0. The van der Waals surface area contributed by atoms with Crippen molar-refractivity contribution in [1.82, 2.24) is 19.8 Å². The first-order valence-corrected chi connectivity index (χ1v) is 9.06. The van der Waals surface area contributed by atoms with Crippen LogP contribution in [0.1, 0.15) is 37.2 Å². The Morgan fingerprint density at radius 1 is 1.42 bits per heavy atom. The van der Waals surface area contributed by atoms with Crippen molar-refractivity contribution in [1.29, 1.82) is 0 Å². The molecule has 1 saturated heterocycles. The quantitative estimate of drug-likeness (QED) is 0.882. The molecule has 1 fully saturated rings. The zero-order valence-electron chi connectivity index (χ0n) is 14.9. The molecule has 2 atom stereocenters. The number of imidazole rings is 1. The van der Waals surface area contributed by atoms with E-state index >= 15 is 0 Å². The van der Waals surface area contributed by atoms with Crippen LogP contribution in [0.5, 0.6) is 0 Å². The summed E-state index contributed by atoms with van der Waals surface area (Å²) in [5.41, 5.74) is -0.841. The molecule has 0 aliphatic carbocycles. The number of rotatable bonds is 4. The van der Waals surface area contributed by atoms with Gasteiger partial charge in [-0.2, -0.15) is 13.2 Å². The minimum atomic E-state index is -4.42. The van der Waals surface area contributed by atoms with Gasteiger partial charge in [-0.15, -0.1) is 0 Å². The molecule has 0 bridgehead atoms. The highest BCUT2D eigenvalue weighted by Crippen LogP contribution is 2.30. The fraction of sp³-hybridized carbons (Fsp3) is 0.765. The number of nitrogens with one attached hydrogen (secondary N) is 1. The van der Waals surface area contributed by atoms with Crippen LogP contribution in [0.25, 0.3) is 0 Å². The number of fused-ring (bicyclic) bond motifs is 1. The van der Waals surface area contributed by atoms with E-state index in [0.29, 0.717) is 31.9 Å². The van der Waals surface area contributed by atoms with Gasteiger partial charge in [0.1, 0.15) is 5.82 Å². The summed E-state index contributed by atoms with van der Waals surface area (Å²) in [7, 11) is 1.71. The highest BCUT2D eigenvalue weighted by Gasteiger charge is 2.36. The molecule has 146 valence electrons. The van der Waals surface area contributed by atoms with E-state index in [9.17, 15) is 18.0 Å². The lowest BCUT2D eigenvalue weighted by Gasteiger charge is -2.29. The summed E-state index contributed by atoms with van der Waals surface area (Å²) in [5, 5.41) is 2.88. The number of carbonyl (C=O) groups is 1. The number of hydrogen-bond acceptors (Lipinski definition) is 3. The molecule has 2 amide bonds. The fourth-order valence-corrected chi connectivity index (χ4v) is 3.57. The van der Waals surface area contributed by atoms with Gasteiger partial charge in [0.25, 0.3) is 0 Å². The second-order valence-electron chi connectivity index (χ2n) is 7.15. The number of urea groups is 1. The van der Waals surface area contributed by atoms with Crippen LogP contribution in [-0.4, -0.2) is 53.3 Å². The highest BCUT2D eigenvalue weighted by atomic mass is 19.4. The van der Waals surface area contributed by atoms with Crippen LogP contribution >= 0.6 is 0 Å². The summed E-state index contributed by atoms with van der Waals surface area (Å²) < 4.78 is 45.5. The Morgan fingerprint density at radius 2 is 2.23 bits per heavy atom. The number of carbonyl (C=O) groups excluding carboxylic acids is 1. The van der Waals surface area contributed by atoms with Crippen molar-refractivity contribution in [3.63, 3.8) is 0 Å². The standard InChI is InChI=1S/C17H25F3N4O2/c1-23(16(25)21-8-13-4-2-3-7-26-13)9-12-5-6-15-22-14(17(18,19)20)11-24(15)10-12/h11-13H,2-10H2,1H3,(H,21,25)/t12-,13-/m1/s1. The number of halogens is 3. The Morgan fingerprint density at radius 3 is 2.92 bits per heavy atom. The van der Waals surface area contributed by atoms with E-state index in [1.54, 1.807) is 16.5 Å². The van der Waals surface area contributed by atoms with E-state index in [1.165, 1.54) is 0 Å². The zero-order chi connectivity index (χ0) is 18.7. The maximum Gasteiger partial charge on any atom is 0.434 e. The molecule has 0 saturated carbocycles. The summed E-state index contributed by atoms with van der Waals surface area (Å²) in [6.07, 6.45) is 1.08. The SMILES string of the molecule is CN(C[C@H]1CCc2nc(C(F)(F)F)cn2C1)C(=O)NC[C@H]1CCCCO1. The van der Waals surface area contributed by atoms with Gasteiger partial charge in [-0.1, -0.05) is 0 Å². The summed E-state index contributed by atoms with van der Waals surface area (Å²) in [5.74, 6) is 0.578. The molecule has 0 radical (unpaired) electrons. The molecule has 0 unspecified atom stereocenters. The van der Waals surface area contributed by atoms with Crippen molar-refractivity contribution in [3.05, 3.63) is 17.7 Å². The normalized spacial score (nSPS) is 23.4. The molecule has 2 aliphatic heterocycles. The van der Waals surface area contributed by atoms with Gasteiger partial charge in [0.15, 0.2) is 5.69 Å². The Bertz CT molecular complexity index is 626. The van der Waals surface area contributed by atoms with E-state index in [2.05, 4.69) is 10.3 Å². The number of alkyl halides is 3. The molecule has 1 aromatic heterocycles. The molecule has 1 aromatic rings. The third-order valence-electron chi connectivity index (χ3n) is 5.01. The van der Waals surface area contributed by atoms with Crippen LogP contribution in [0.2, 0.25) is 0 Å². The van der Waals surface area contributed by atoms with E-state index < -0.39 is 11.9 Å². The van der Waals surface area contributed by atoms with Crippen LogP contribution in [0, 0.1) is 5.92 Å². The molecule has 3 heterocycles. The number of hydrogen-bond donors (Lipinski definition) is 1. The van der Waals surface area contributed by atoms with Crippen molar-refractivity contribution in [3.8, 4) is 0 Å². The number of aryl methyl sites for hydroxylation is 1. The van der Waals surface area contributed by atoms with Crippen molar-refractivity contribution >= 4 is 6.03 Å². The third-order valence-corrected chi connectivity index (χ3v) is 5.01. The predicted octanol–water partition coefficient (Wildman–Crippen LogP) is 2.67. The van der Waals surface area contributed by atoms with Crippen LogP contribution < -0.4 is 5.32 Å². The van der Waals surface area contributed by atoms with E-state index in [4.69, 9.17) is 4.74 Å². The first-order valence-electron chi connectivity index (χ1n) is 9.06. The lowest BCUT2D eigenvalue weighted by molar-refractivity contribution is -0.141. The van der Waals surface area contributed by atoms with E-state index in [1.807, 2.05) is 0 Å². The largest absolute Gasteiger partial charge is 0.434 e. The molecule has 0 aromatic carbocycles. The molecule has 0 spiro atoms. The van der Waals surface area contributed by atoms with E-state index in [-0.39, 0.29) is 18.1 Å². The van der Waals surface area contributed by atoms with Crippen molar-refractivity contribution < 1.29 is 22.7 Å². The lowest BCUT2D eigenvalue weighted by Crippen LogP contribution is -2.44. The van der Waals surface area contributed by atoms with Crippen molar-refractivity contribution in [2.45, 2.75) is 50.9 Å². The van der Waals surface area contributed by atoms with Crippen LogP contribution in [0.15, 0.2) is 6.20 Å². The Labute approximate surface area is 150 Å². The molecule has 3 rings (SSSR count). The highest BCUT2D eigenvalue weighted by molar-refractivity contribution is 5.73. The van der Waals surface area contributed by atoms with Gasteiger partial charge in [-0.3, -0.25) is 0 Å². The molecule has 6 nitrogen and oxygen atoms in total. The van der Waals surface area contributed by atoms with Gasteiger partial charge in [-0.05, 0) is 31.6 Å². The molecule has 2 aliphatic rings.